The Morgan fingerprint density at radius 3 is 0.400 bits per heavy atom. The third-order valence-electron chi connectivity index (χ3n) is 0. The van der Waals surface area contributed by atoms with Gasteiger partial charge in [0.1, 0.15) is 0 Å². The van der Waals surface area contributed by atoms with Gasteiger partial charge in [-0.1, -0.05) is 0 Å². The van der Waals surface area contributed by atoms with Gasteiger partial charge in [0.2, 0.25) is 0 Å². The molecule has 0 aromatic carbocycles. The summed E-state index contributed by atoms with van der Waals surface area (Å²) in [5.74, 6) is 0. The van der Waals surface area contributed by atoms with Gasteiger partial charge in [-0.25, -0.2) is 0 Å². The standard InChI is InChI=1S/Mo.4H3N.4O.Pd/h;4*1H3;;;;;/q+4;;;;;4*-2;. The molecule has 0 atom stereocenters. The maximum atomic E-state index is 0. The zero-order chi connectivity index (χ0) is 0. The van der Waals surface area contributed by atoms with Crippen molar-refractivity contribution in [1.82, 2.24) is 24.6 Å². The molecule has 0 aliphatic heterocycles. The molecule has 0 spiro atoms. The Hall–Kier alpha value is 1.03. The largest absolute Gasteiger partial charge is 4.00 e. The molecule has 10 heteroatoms. The Balaban J connectivity index is 0. The van der Waals surface area contributed by atoms with E-state index in [9.17, 15) is 0 Å². The van der Waals surface area contributed by atoms with Crippen LogP contribution in [0.2, 0.25) is 0 Å². The summed E-state index contributed by atoms with van der Waals surface area (Å²) in [6, 6.07) is 0. The van der Waals surface area contributed by atoms with Crippen LogP contribution in [-0.2, 0) is 63.4 Å². The van der Waals surface area contributed by atoms with E-state index in [1.165, 1.54) is 0 Å². The van der Waals surface area contributed by atoms with Crippen LogP contribution >= 0.6 is 0 Å². The summed E-state index contributed by atoms with van der Waals surface area (Å²) in [4.78, 5) is 0. The summed E-state index contributed by atoms with van der Waals surface area (Å²) < 4.78 is 0. The van der Waals surface area contributed by atoms with E-state index in [1.54, 1.807) is 0 Å². The molecule has 0 aliphatic rings. The molecule has 0 radical (unpaired) electrons. The van der Waals surface area contributed by atoms with Crippen molar-refractivity contribution in [2.45, 2.75) is 0 Å². The van der Waals surface area contributed by atoms with Crippen LogP contribution in [0.3, 0.4) is 0 Å². The third kappa shape index (κ3) is 548. The summed E-state index contributed by atoms with van der Waals surface area (Å²) in [5.41, 5.74) is 0. The van der Waals surface area contributed by atoms with Crippen LogP contribution in [0.25, 0.3) is 0 Å². The van der Waals surface area contributed by atoms with Crippen molar-refractivity contribution >= 4 is 0 Å². The molecular weight excluding hydrogens is 322 g/mol. The Morgan fingerprint density at radius 2 is 0.400 bits per heavy atom. The van der Waals surface area contributed by atoms with Crippen molar-refractivity contribution in [3.8, 4) is 0 Å². The first-order chi connectivity index (χ1) is 0. The summed E-state index contributed by atoms with van der Waals surface area (Å²) in [5, 5.41) is 0. The summed E-state index contributed by atoms with van der Waals surface area (Å²) >= 11 is 0. The SMILES string of the molecule is N.N.N.N.[Mo+4].[O-2].[O-2].[O-2].[O-2].[Pd]. The molecule has 0 amide bonds. The molecule has 8 nitrogen and oxygen atoms in total. The number of hydrogen-bond acceptors (Lipinski definition) is 4. The van der Waals surface area contributed by atoms with Crippen molar-refractivity contribution in [2.24, 2.45) is 0 Å². The number of hydrogen-bond donors (Lipinski definition) is 4. The molecule has 0 fully saturated rings. The summed E-state index contributed by atoms with van der Waals surface area (Å²) in [6.07, 6.45) is 0. The maximum absolute atomic E-state index is 0. The first kappa shape index (κ1) is 1040. The van der Waals surface area contributed by atoms with E-state index < -0.39 is 0 Å². The van der Waals surface area contributed by atoms with Gasteiger partial charge in [0, 0.05) is 20.4 Å². The van der Waals surface area contributed by atoms with Gasteiger partial charge in [0.05, 0.1) is 0 Å². The van der Waals surface area contributed by atoms with E-state index in [4.69, 9.17) is 0 Å². The first-order valence-corrected chi connectivity index (χ1v) is 0. The minimum absolute atomic E-state index is 0. The van der Waals surface area contributed by atoms with Gasteiger partial charge in [-0.3, -0.25) is 0 Å². The van der Waals surface area contributed by atoms with Gasteiger partial charge in [0.15, 0.2) is 0 Å². The topological polar surface area (TPSA) is 254 Å². The molecular formula is H12MoN4O4Pd-4. The van der Waals surface area contributed by atoms with Gasteiger partial charge in [0.25, 0.3) is 0 Å². The monoisotopic (exact) mass is 336 g/mol. The van der Waals surface area contributed by atoms with E-state index in [0.717, 1.165) is 0 Å². The minimum atomic E-state index is 0. The number of rotatable bonds is 0. The van der Waals surface area contributed by atoms with Gasteiger partial charge < -0.3 is 46.5 Å². The fraction of sp³-hybridized carbons (Fsp3) is 0. The predicted octanol–water partition coefficient (Wildman–Crippen LogP) is 0.168. The molecule has 0 saturated carbocycles. The van der Waals surface area contributed by atoms with Crippen LogP contribution in [0.5, 0.6) is 0 Å². The van der Waals surface area contributed by atoms with Gasteiger partial charge in [-0.2, -0.15) is 0 Å². The Labute approximate surface area is 88.0 Å². The van der Waals surface area contributed by atoms with Crippen LogP contribution in [-0.4, -0.2) is 0 Å². The normalized spacial score (nSPS) is 0. The Bertz CT molecular complexity index is 17.2. The van der Waals surface area contributed by atoms with Crippen molar-refractivity contribution in [3.63, 3.8) is 0 Å². The molecule has 0 aliphatic carbocycles. The van der Waals surface area contributed by atoms with E-state index in [2.05, 4.69) is 0 Å². The smallest absolute Gasteiger partial charge is 2.00 e. The first-order valence-electron chi connectivity index (χ1n) is 0. The quantitative estimate of drug-likeness (QED) is 0.451. The molecule has 0 aromatic heterocycles. The van der Waals surface area contributed by atoms with Crippen LogP contribution in [0, 0.1) is 0 Å². The molecule has 10 heavy (non-hydrogen) atoms. The maximum Gasteiger partial charge on any atom is 4.00 e. The van der Waals surface area contributed by atoms with Crippen LogP contribution < -0.4 is 24.6 Å². The molecule has 0 unspecified atom stereocenters. The average molecular weight is 334 g/mol. The van der Waals surface area contributed by atoms with Crippen LogP contribution in [0.4, 0.5) is 0 Å². The fourth-order valence-corrected chi connectivity index (χ4v) is 0. The molecule has 0 bridgehead atoms. The zero-order valence-corrected chi connectivity index (χ0v) is 8.75. The van der Waals surface area contributed by atoms with Gasteiger partial charge in [-0.15, -0.1) is 0 Å². The molecule has 0 aromatic rings. The van der Waals surface area contributed by atoms with Crippen molar-refractivity contribution in [1.29, 1.82) is 0 Å². The molecule has 12 N–H and O–H groups in total. The van der Waals surface area contributed by atoms with Gasteiger partial charge >= 0.3 is 21.1 Å². The second-order valence-electron chi connectivity index (χ2n) is 0. The molecule has 0 saturated heterocycles. The molecule has 76 valence electrons. The summed E-state index contributed by atoms with van der Waals surface area (Å²) in [6.45, 7) is 0. The Morgan fingerprint density at radius 1 is 0.400 bits per heavy atom. The Kier molecular flexibility index (Phi) is 80500. The van der Waals surface area contributed by atoms with Crippen molar-refractivity contribution in [3.05, 3.63) is 0 Å². The van der Waals surface area contributed by atoms with Crippen LogP contribution in [0.1, 0.15) is 0 Å². The van der Waals surface area contributed by atoms with E-state index in [1.807, 2.05) is 0 Å². The van der Waals surface area contributed by atoms with E-state index in [-0.39, 0.29) is 88.0 Å². The van der Waals surface area contributed by atoms with E-state index in [0.29, 0.717) is 0 Å². The second-order valence-corrected chi connectivity index (χ2v) is 0. The second kappa shape index (κ2) is 770. The van der Waals surface area contributed by atoms with Crippen molar-refractivity contribution < 1.29 is 63.4 Å². The molecule has 0 heterocycles. The zero-order valence-electron chi connectivity index (χ0n) is 5.19. The molecule has 0 rings (SSSR count). The average Bonchev–Trinajstić information content (AvgIpc) is 0. The summed E-state index contributed by atoms with van der Waals surface area (Å²) in [7, 11) is 0. The fourth-order valence-electron chi connectivity index (χ4n) is 0. The van der Waals surface area contributed by atoms with Crippen molar-refractivity contribution in [2.75, 3.05) is 0 Å². The third-order valence-corrected chi connectivity index (χ3v) is 0. The minimum Gasteiger partial charge on any atom is -2.00 e. The van der Waals surface area contributed by atoms with Gasteiger partial charge in [-0.05, 0) is 0 Å². The van der Waals surface area contributed by atoms with Crippen LogP contribution in [0.15, 0.2) is 0 Å². The van der Waals surface area contributed by atoms with E-state index >= 15 is 0 Å². The predicted molar refractivity (Wildman–Crippen MR) is 22.8 cm³/mol.